The van der Waals surface area contributed by atoms with Gasteiger partial charge in [-0.15, -0.1) is 0 Å². The van der Waals surface area contributed by atoms with Crippen LogP contribution in [0.15, 0.2) is 18.2 Å². The number of hydrogen-bond donors (Lipinski definition) is 0. The molecule has 0 fully saturated rings. The minimum Gasteiger partial charge on any atom is -0.373 e. The molecule has 0 unspecified atom stereocenters. The molecule has 17 heavy (non-hydrogen) atoms. The summed E-state index contributed by atoms with van der Waals surface area (Å²) >= 11 is 0. The Kier molecular flexibility index (Phi) is 4.92. The van der Waals surface area contributed by atoms with E-state index in [2.05, 4.69) is 4.90 Å². The lowest BCUT2D eigenvalue weighted by molar-refractivity contribution is 0.401. The van der Waals surface area contributed by atoms with Crippen LogP contribution in [-0.2, 0) is 0 Å². The zero-order valence-electron chi connectivity index (χ0n) is 10.6. The van der Waals surface area contributed by atoms with E-state index in [1.807, 2.05) is 32.1 Å². The molecule has 1 aromatic carbocycles. The average Bonchev–Trinajstić information content (AvgIpc) is 2.28. The van der Waals surface area contributed by atoms with Crippen LogP contribution >= 0.6 is 0 Å². The van der Waals surface area contributed by atoms with Crippen molar-refractivity contribution in [3.05, 3.63) is 29.6 Å². The quantitative estimate of drug-likeness (QED) is 0.782. The van der Waals surface area contributed by atoms with Crippen molar-refractivity contribution >= 4 is 5.69 Å². The fourth-order valence-corrected chi connectivity index (χ4v) is 1.69. The van der Waals surface area contributed by atoms with E-state index in [0.717, 1.165) is 19.5 Å². The Morgan fingerprint density at radius 3 is 2.53 bits per heavy atom. The summed E-state index contributed by atoms with van der Waals surface area (Å²) in [4.78, 5) is 4.02. The van der Waals surface area contributed by atoms with E-state index in [1.165, 1.54) is 6.07 Å². The lowest BCUT2D eigenvalue weighted by Crippen LogP contribution is -2.24. The van der Waals surface area contributed by atoms with Crippen LogP contribution in [0.25, 0.3) is 0 Å². The Hall–Kier alpha value is -1.60. The third-order valence-electron chi connectivity index (χ3n) is 2.61. The first-order valence-corrected chi connectivity index (χ1v) is 5.60. The summed E-state index contributed by atoms with van der Waals surface area (Å²) < 4.78 is 13.4. The molecule has 0 saturated carbocycles. The van der Waals surface area contributed by atoms with E-state index < -0.39 is 5.82 Å². The smallest absolute Gasteiger partial charge is 0.143 e. The Morgan fingerprint density at radius 2 is 1.94 bits per heavy atom. The van der Waals surface area contributed by atoms with Gasteiger partial charge in [-0.05, 0) is 39.2 Å². The van der Waals surface area contributed by atoms with E-state index in [4.69, 9.17) is 5.26 Å². The second-order valence-electron chi connectivity index (χ2n) is 4.32. The SMILES string of the molecule is CN(C)CCCN(C)c1cccc(F)c1C#N. The Bertz CT molecular complexity index is 410. The molecular formula is C13H18FN3. The van der Waals surface area contributed by atoms with Crippen LogP contribution in [0.5, 0.6) is 0 Å². The highest BCUT2D eigenvalue weighted by atomic mass is 19.1. The highest BCUT2D eigenvalue weighted by molar-refractivity contribution is 5.59. The summed E-state index contributed by atoms with van der Waals surface area (Å²) in [6.45, 7) is 1.78. The molecule has 0 aliphatic carbocycles. The minimum atomic E-state index is -0.454. The number of benzene rings is 1. The lowest BCUT2D eigenvalue weighted by atomic mass is 10.1. The Balaban J connectivity index is 2.72. The molecule has 1 aromatic rings. The van der Waals surface area contributed by atoms with Crippen LogP contribution in [0.3, 0.4) is 0 Å². The number of hydrogen-bond acceptors (Lipinski definition) is 3. The Morgan fingerprint density at radius 1 is 1.24 bits per heavy atom. The van der Waals surface area contributed by atoms with Crippen LogP contribution in [0.4, 0.5) is 10.1 Å². The van der Waals surface area contributed by atoms with Crippen molar-refractivity contribution in [2.45, 2.75) is 6.42 Å². The van der Waals surface area contributed by atoms with Crippen LogP contribution in [0, 0.1) is 17.1 Å². The molecule has 0 radical (unpaired) electrons. The van der Waals surface area contributed by atoms with Gasteiger partial charge in [-0.3, -0.25) is 0 Å². The molecular weight excluding hydrogens is 217 g/mol. The largest absolute Gasteiger partial charge is 0.373 e. The molecule has 0 saturated heterocycles. The molecule has 92 valence electrons. The van der Waals surface area contributed by atoms with Gasteiger partial charge in [-0.25, -0.2) is 4.39 Å². The molecule has 0 heterocycles. The van der Waals surface area contributed by atoms with Crippen LogP contribution < -0.4 is 4.90 Å². The fraction of sp³-hybridized carbons (Fsp3) is 0.462. The van der Waals surface area contributed by atoms with E-state index >= 15 is 0 Å². The molecule has 4 heteroatoms. The van der Waals surface area contributed by atoms with Gasteiger partial charge in [0.2, 0.25) is 0 Å². The van der Waals surface area contributed by atoms with Crippen molar-refractivity contribution < 1.29 is 4.39 Å². The van der Waals surface area contributed by atoms with Gasteiger partial charge in [0, 0.05) is 13.6 Å². The molecule has 0 aliphatic rings. The molecule has 1 rings (SSSR count). The van der Waals surface area contributed by atoms with E-state index in [9.17, 15) is 4.39 Å². The summed E-state index contributed by atoms with van der Waals surface area (Å²) in [5.74, 6) is -0.454. The number of rotatable bonds is 5. The highest BCUT2D eigenvalue weighted by Crippen LogP contribution is 2.21. The van der Waals surface area contributed by atoms with Gasteiger partial charge in [-0.1, -0.05) is 6.07 Å². The number of anilines is 1. The number of nitrogens with zero attached hydrogens (tertiary/aromatic N) is 3. The van der Waals surface area contributed by atoms with Gasteiger partial charge in [0.05, 0.1) is 5.69 Å². The summed E-state index contributed by atoms with van der Waals surface area (Å²) in [5.41, 5.74) is 0.783. The molecule has 0 amide bonds. The molecule has 0 aromatic heterocycles. The highest BCUT2D eigenvalue weighted by Gasteiger charge is 2.11. The van der Waals surface area contributed by atoms with Crippen LogP contribution in [0.1, 0.15) is 12.0 Å². The second-order valence-corrected chi connectivity index (χ2v) is 4.32. The zero-order valence-corrected chi connectivity index (χ0v) is 10.6. The summed E-state index contributed by atoms with van der Waals surface area (Å²) in [7, 11) is 5.91. The predicted molar refractivity (Wildman–Crippen MR) is 67.6 cm³/mol. The summed E-state index contributed by atoms with van der Waals surface area (Å²) in [5, 5.41) is 8.94. The molecule has 0 spiro atoms. The molecule has 0 atom stereocenters. The van der Waals surface area contributed by atoms with Crippen molar-refractivity contribution in [3.8, 4) is 6.07 Å². The fourth-order valence-electron chi connectivity index (χ4n) is 1.69. The van der Waals surface area contributed by atoms with Gasteiger partial charge in [0.1, 0.15) is 17.4 Å². The third kappa shape index (κ3) is 3.72. The molecule has 0 bridgehead atoms. The van der Waals surface area contributed by atoms with Crippen molar-refractivity contribution in [1.29, 1.82) is 5.26 Å². The standard InChI is InChI=1S/C13H18FN3/c1-16(2)8-5-9-17(3)13-7-4-6-12(14)11(13)10-15/h4,6-7H,5,8-9H2,1-3H3. The minimum absolute atomic E-state index is 0.125. The van der Waals surface area contributed by atoms with Gasteiger partial charge >= 0.3 is 0 Å². The zero-order chi connectivity index (χ0) is 12.8. The van der Waals surface area contributed by atoms with E-state index in [0.29, 0.717) is 5.69 Å². The van der Waals surface area contributed by atoms with Crippen LogP contribution in [0.2, 0.25) is 0 Å². The van der Waals surface area contributed by atoms with Crippen molar-refractivity contribution in [3.63, 3.8) is 0 Å². The number of nitriles is 1. The maximum atomic E-state index is 13.4. The van der Waals surface area contributed by atoms with Crippen molar-refractivity contribution in [2.75, 3.05) is 39.1 Å². The Labute approximate surface area is 102 Å². The number of halogens is 1. The summed E-state index contributed by atoms with van der Waals surface area (Å²) in [6, 6.07) is 6.64. The maximum Gasteiger partial charge on any atom is 0.143 e. The van der Waals surface area contributed by atoms with Crippen molar-refractivity contribution in [1.82, 2.24) is 4.90 Å². The lowest BCUT2D eigenvalue weighted by Gasteiger charge is -2.21. The maximum absolute atomic E-state index is 13.4. The van der Waals surface area contributed by atoms with Crippen molar-refractivity contribution in [2.24, 2.45) is 0 Å². The van der Waals surface area contributed by atoms with E-state index in [1.54, 1.807) is 12.1 Å². The van der Waals surface area contributed by atoms with Gasteiger partial charge < -0.3 is 9.80 Å². The van der Waals surface area contributed by atoms with E-state index in [-0.39, 0.29) is 5.56 Å². The first-order valence-electron chi connectivity index (χ1n) is 5.60. The topological polar surface area (TPSA) is 30.3 Å². The summed E-state index contributed by atoms with van der Waals surface area (Å²) in [6.07, 6.45) is 0.977. The molecule has 0 N–H and O–H groups in total. The monoisotopic (exact) mass is 235 g/mol. The van der Waals surface area contributed by atoms with Crippen LogP contribution in [-0.4, -0.2) is 39.1 Å². The molecule has 3 nitrogen and oxygen atoms in total. The van der Waals surface area contributed by atoms with Gasteiger partial charge in [-0.2, -0.15) is 5.26 Å². The normalized spacial score (nSPS) is 10.4. The first kappa shape index (κ1) is 13.5. The third-order valence-corrected chi connectivity index (χ3v) is 2.61. The predicted octanol–water partition coefficient (Wildman–Crippen LogP) is 2.09. The second kappa shape index (κ2) is 6.21. The first-order chi connectivity index (χ1) is 8.06. The average molecular weight is 235 g/mol. The van der Waals surface area contributed by atoms with Gasteiger partial charge in [0.25, 0.3) is 0 Å². The van der Waals surface area contributed by atoms with Gasteiger partial charge in [0.15, 0.2) is 0 Å². The molecule has 0 aliphatic heterocycles.